The second-order valence-corrected chi connectivity index (χ2v) is 11.5. The van der Waals surface area contributed by atoms with Gasteiger partial charge in [0.25, 0.3) is 5.91 Å². The van der Waals surface area contributed by atoms with E-state index in [1.165, 1.54) is 19.0 Å². The summed E-state index contributed by atoms with van der Waals surface area (Å²) in [5, 5.41) is 2.85. The number of hydrogen-bond donors (Lipinski definition) is 2. The number of carbonyl (C=O) groups excluding carboxylic acids is 1. The lowest BCUT2D eigenvalue weighted by Gasteiger charge is -2.33. The molecule has 2 N–H and O–H groups in total. The van der Waals surface area contributed by atoms with Gasteiger partial charge in [0.1, 0.15) is 11.6 Å². The third-order valence-corrected chi connectivity index (χ3v) is 7.46. The molecule has 0 unspecified atom stereocenters. The molecule has 35 heavy (non-hydrogen) atoms. The van der Waals surface area contributed by atoms with Crippen molar-refractivity contribution in [2.45, 2.75) is 38.7 Å². The largest absolute Gasteiger partial charge is 0.375 e. The number of carbonyl (C=O) groups is 1. The maximum absolute atomic E-state index is 13.3. The van der Waals surface area contributed by atoms with Crippen LogP contribution < -0.4 is 19.8 Å². The molecule has 0 bridgehead atoms. The van der Waals surface area contributed by atoms with E-state index in [1.807, 2.05) is 24.0 Å². The molecule has 2 aromatic heterocycles. The van der Waals surface area contributed by atoms with Crippen molar-refractivity contribution in [2.24, 2.45) is 5.41 Å². The van der Waals surface area contributed by atoms with Gasteiger partial charge >= 0.3 is 0 Å². The predicted octanol–water partition coefficient (Wildman–Crippen LogP) is 2.10. The first-order chi connectivity index (χ1) is 16.7. The SMILES string of the molecule is C[C@@H]1CN(c2cccc(NC(=O)c3ncc(NS(C)(=O)=O)nc3N3CCC4(CC3)CC4)n2)CCO1. The number of ether oxygens (including phenoxy) is 1. The van der Waals surface area contributed by atoms with Gasteiger partial charge in [-0.3, -0.25) is 9.52 Å². The second kappa shape index (κ2) is 9.23. The van der Waals surface area contributed by atoms with E-state index in [0.717, 1.165) is 51.1 Å². The molecule has 2 aromatic rings. The monoisotopic (exact) mass is 501 g/mol. The van der Waals surface area contributed by atoms with Crippen LogP contribution >= 0.6 is 0 Å². The molecule has 5 rings (SSSR count). The standard InChI is InChI=1S/C23H31N7O4S/c1-16-15-30(12-13-34-16)19-5-3-4-17(25-19)27-22(31)20-21(26-18(14-24-20)28-35(2,32)33)29-10-8-23(6-7-23)9-11-29/h3-5,14,16H,6-13,15H2,1-2H3,(H,26,28)(H,25,27,31)/t16-/m1/s1. The van der Waals surface area contributed by atoms with Gasteiger partial charge in [-0.05, 0) is 50.2 Å². The van der Waals surface area contributed by atoms with E-state index in [2.05, 4.69) is 29.9 Å². The number of pyridine rings is 1. The Hall–Kier alpha value is -2.99. The van der Waals surface area contributed by atoms with Crippen LogP contribution in [0.15, 0.2) is 24.4 Å². The van der Waals surface area contributed by atoms with Crippen LogP contribution in [0.4, 0.5) is 23.3 Å². The lowest BCUT2D eigenvalue weighted by atomic mass is 9.93. The van der Waals surface area contributed by atoms with Crippen molar-refractivity contribution in [2.75, 3.05) is 58.9 Å². The zero-order valence-corrected chi connectivity index (χ0v) is 20.8. The van der Waals surface area contributed by atoms with Crippen molar-refractivity contribution in [3.8, 4) is 0 Å². The third-order valence-electron chi connectivity index (χ3n) is 6.88. The number of amides is 1. The Balaban J connectivity index is 1.38. The van der Waals surface area contributed by atoms with Crippen LogP contribution in [-0.4, -0.2) is 74.4 Å². The maximum Gasteiger partial charge on any atom is 0.279 e. The highest BCUT2D eigenvalue weighted by molar-refractivity contribution is 7.92. The number of nitrogens with one attached hydrogen (secondary N) is 2. The number of hydrogen-bond acceptors (Lipinski definition) is 9. The lowest BCUT2D eigenvalue weighted by molar-refractivity contribution is 0.0529. The molecule has 188 valence electrons. The lowest BCUT2D eigenvalue weighted by Crippen LogP contribution is -2.41. The molecule has 2 aliphatic heterocycles. The highest BCUT2D eigenvalue weighted by Crippen LogP contribution is 2.54. The van der Waals surface area contributed by atoms with Gasteiger partial charge in [-0.1, -0.05) is 6.07 Å². The first-order valence-electron chi connectivity index (χ1n) is 11.9. The molecular formula is C23H31N7O4S. The van der Waals surface area contributed by atoms with Gasteiger partial charge < -0.3 is 19.9 Å². The van der Waals surface area contributed by atoms with Crippen LogP contribution in [0.1, 0.15) is 43.1 Å². The van der Waals surface area contributed by atoms with E-state index < -0.39 is 15.9 Å². The molecule has 1 amide bonds. The van der Waals surface area contributed by atoms with Gasteiger partial charge in [0.15, 0.2) is 17.3 Å². The van der Waals surface area contributed by atoms with E-state index in [-0.39, 0.29) is 17.6 Å². The number of morpholine rings is 1. The normalized spacial score (nSPS) is 21.6. The number of aromatic nitrogens is 3. The Kier molecular flexibility index (Phi) is 6.26. The molecule has 11 nitrogen and oxygen atoms in total. The maximum atomic E-state index is 13.3. The summed E-state index contributed by atoms with van der Waals surface area (Å²) in [5.74, 6) is 1.21. The Morgan fingerprint density at radius 1 is 1.09 bits per heavy atom. The average Bonchev–Trinajstić information content (AvgIpc) is 3.57. The van der Waals surface area contributed by atoms with Crippen LogP contribution in [0.25, 0.3) is 0 Å². The fraction of sp³-hybridized carbons (Fsp3) is 0.565. The zero-order chi connectivity index (χ0) is 24.6. The van der Waals surface area contributed by atoms with Crippen LogP contribution in [0, 0.1) is 5.41 Å². The van der Waals surface area contributed by atoms with Crippen molar-refractivity contribution in [3.05, 3.63) is 30.1 Å². The summed E-state index contributed by atoms with van der Waals surface area (Å²) in [4.78, 5) is 30.9. The Labute approximate surface area is 205 Å². The van der Waals surface area contributed by atoms with Crippen molar-refractivity contribution in [1.82, 2.24) is 15.0 Å². The van der Waals surface area contributed by atoms with E-state index >= 15 is 0 Å². The number of sulfonamides is 1. The number of nitrogens with zero attached hydrogens (tertiary/aromatic N) is 5. The minimum atomic E-state index is -3.53. The van der Waals surface area contributed by atoms with E-state index in [9.17, 15) is 13.2 Å². The summed E-state index contributed by atoms with van der Waals surface area (Å²) < 4.78 is 31.4. The van der Waals surface area contributed by atoms with Gasteiger partial charge in [0.2, 0.25) is 10.0 Å². The van der Waals surface area contributed by atoms with Gasteiger partial charge in [-0.25, -0.2) is 23.4 Å². The molecule has 0 aromatic carbocycles. The van der Waals surface area contributed by atoms with Crippen molar-refractivity contribution < 1.29 is 17.9 Å². The number of rotatable bonds is 6. The summed E-state index contributed by atoms with van der Waals surface area (Å²) >= 11 is 0. The molecular weight excluding hydrogens is 470 g/mol. The van der Waals surface area contributed by atoms with Gasteiger partial charge in [-0.15, -0.1) is 0 Å². The molecule has 1 atom stereocenters. The fourth-order valence-corrected chi connectivity index (χ4v) is 5.22. The Morgan fingerprint density at radius 2 is 1.86 bits per heavy atom. The van der Waals surface area contributed by atoms with Gasteiger partial charge in [0.05, 0.1) is 25.2 Å². The highest BCUT2D eigenvalue weighted by atomic mass is 32.2. The quantitative estimate of drug-likeness (QED) is 0.611. The zero-order valence-electron chi connectivity index (χ0n) is 20.0. The highest BCUT2D eigenvalue weighted by Gasteiger charge is 2.45. The summed E-state index contributed by atoms with van der Waals surface area (Å²) in [6.07, 6.45) is 6.99. The minimum Gasteiger partial charge on any atom is -0.375 e. The molecule has 3 fully saturated rings. The van der Waals surface area contributed by atoms with Gasteiger partial charge in [0, 0.05) is 26.2 Å². The van der Waals surface area contributed by atoms with Gasteiger partial charge in [-0.2, -0.15) is 0 Å². The first-order valence-corrected chi connectivity index (χ1v) is 13.8. The third kappa shape index (κ3) is 5.64. The van der Waals surface area contributed by atoms with E-state index in [0.29, 0.717) is 23.7 Å². The van der Waals surface area contributed by atoms with Crippen LogP contribution in [0.2, 0.25) is 0 Å². The molecule has 1 spiro atoms. The summed E-state index contributed by atoms with van der Waals surface area (Å²) in [6, 6.07) is 5.49. The summed E-state index contributed by atoms with van der Waals surface area (Å²) in [5.41, 5.74) is 0.582. The Morgan fingerprint density at radius 3 is 2.54 bits per heavy atom. The number of piperidine rings is 1. The molecule has 12 heteroatoms. The summed E-state index contributed by atoms with van der Waals surface area (Å²) in [7, 11) is -3.53. The molecule has 3 aliphatic rings. The first kappa shape index (κ1) is 23.7. The van der Waals surface area contributed by atoms with Crippen molar-refractivity contribution in [3.63, 3.8) is 0 Å². The average molecular weight is 502 g/mol. The molecule has 1 saturated carbocycles. The fourth-order valence-electron chi connectivity index (χ4n) is 4.74. The smallest absolute Gasteiger partial charge is 0.279 e. The number of anilines is 4. The van der Waals surface area contributed by atoms with E-state index in [4.69, 9.17) is 4.74 Å². The predicted molar refractivity (Wildman–Crippen MR) is 133 cm³/mol. The Bertz CT molecular complexity index is 1210. The van der Waals surface area contributed by atoms with Crippen molar-refractivity contribution in [1.29, 1.82) is 0 Å². The minimum absolute atomic E-state index is 0.0901. The molecule has 1 aliphatic carbocycles. The topological polar surface area (TPSA) is 130 Å². The molecule has 2 saturated heterocycles. The molecule has 4 heterocycles. The van der Waals surface area contributed by atoms with Crippen molar-refractivity contribution >= 4 is 39.2 Å². The summed E-state index contributed by atoms with van der Waals surface area (Å²) in [6.45, 7) is 5.61. The molecule has 0 radical (unpaired) electrons. The van der Waals surface area contributed by atoms with Crippen LogP contribution in [0.3, 0.4) is 0 Å². The van der Waals surface area contributed by atoms with Crippen LogP contribution in [-0.2, 0) is 14.8 Å². The van der Waals surface area contributed by atoms with Crippen LogP contribution in [0.5, 0.6) is 0 Å². The van der Waals surface area contributed by atoms with E-state index in [1.54, 1.807) is 6.07 Å². The second-order valence-electron chi connectivity index (χ2n) is 9.75.